The summed E-state index contributed by atoms with van der Waals surface area (Å²) >= 11 is 0. The van der Waals surface area contributed by atoms with Crippen LogP contribution in [0.4, 0.5) is 5.82 Å². The van der Waals surface area contributed by atoms with Crippen molar-refractivity contribution in [1.82, 2.24) is 9.97 Å². The van der Waals surface area contributed by atoms with Crippen LogP contribution in [0.1, 0.15) is 56.6 Å². The van der Waals surface area contributed by atoms with Gasteiger partial charge < -0.3 is 10.1 Å². The fourth-order valence-electron chi connectivity index (χ4n) is 2.95. The maximum Gasteiger partial charge on any atom is 0.162 e. The highest BCUT2D eigenvalue weighted by Gasteiger charge is 2.33. The third-order valence-corrected chi connectivity index (χ3v) is 4.36. The Balaban J connectivity index is 2.52. The van der Waals surface area contributed by atoms with Crippen molar-refractivity contribution in [3.63, 3.8) is 0 Å². The van der Waals surface area contributed by atoms with Crippen molar-refractivity contribution < 1.29 is 4.74 Å². The lowest BCUT2D eigenvalue weighted by atomic mass is 9.93. The minimum absolute atomic E-state index is 0.349. The van der Waals surface area contributed by atoms with Gasteiger partial charge in [0.15, 0.2) is 5.82 Å². The van der Waals surface area contributed by atoms with E-state index in [2.05, 4.69) is 19.2 Å². The number of rotatable bonds is 5. The third-order valence-electron chi connectivity index (χ3n) is 4.36. The Labute approximate surface area is 116 Å². The first-order chi connectivity index (χ1) is 9.20. The molecule has 0 bridgehead atoms. The zero-order valence-corrected chi connectivity index (χ0v) is 12.5. The molecule has 0 fully saturated rings. The van der Waals surface area contributed by atoms with E-state index in [1.807, 2.05) is 7.05 Å². The van der Waals surface area contributed by atoms with E-state index >= 15 is 0 Å². The van der Waals surface area contributed by atoms with Crippen LogP contribution in [-0.4, -0.2) is 24.1 Å². The highest BCUT2D eigenvalue weighted by atomic mass is 16.5. The number of methoxy groups -OCH3 is 1. The van der Waals surface area contributed by atoms with Gasteiger partial charge in [-0.2, -0.15) is 0 Å². The minimum Gasteiger partial charge on any atom is -0.373 e. The SMILES string of the molecule is CCC(CC)(OC)c1nc2c(c(NC)n1)CCCC2. The van der Waals surface area contributed by atoms with Gasteiger partial charge in [-0.05, 0) is 38.5 Å². The van der Waals surface area contributed by atoms with Gasteiger partial charge in [0.05, 0.1) is 0 Å². The fourth-order valence-corrected chi connectivity index (χ4v) is 2.95. The van der Waals surface area contributed by atoms with Gasteiger partial charge in [-0.15, -0.1) is 0 Å². The lowest BCUT2D eigenvalue weighted by Crippen LogP contribution is -2.31. The van der Waals surface area contributed by atoms with Crippen LogP contribution in [-0.2, 0) is 23.2 Å². The molecule has 4 nitrogen and oxygen atoms in total. The van der Waals surface area contributed by atoms with E-state index < -0.39 is 0 Å². The van der Waals surface area contributed by atoms with E-state index in [1.165, 1.54) is 24.1 Å². The summed E-state index contributed by atoms with van der Waals surface area (Å²) in [6.07, 6.45) is 6.40. The molecule has 1 aliphatic rings. The standard InChI is InChI=1S/C15H25N3O/c1-5-15(6-2,19-4)14-17-12-10-8-7-9-11(12)13(16-3)18-14/h5-10H2,1-4H3,(H,16,17,18). The summed E-state index contributed by atoms with van der Waals surface area (Å²) in [5.41, 5.74) is 2.16. The van der Waals surface area contributed by atoms with Crippen LogP contribution in [0.5, 0.6) is 0 Å². The van der Waals surface area contributed by atoms with E-state index in [0.29, 0.717) is 0 Å². The Hall–Kier alpha value is -1.16. The molecule has 0 aromatic carbocycles. The highest BCUT2D eigenvalue weighted by molar-refractivity contribution is 5.47. The zero-order valence-electron chi connectivity index (χ0n) is 12.5. The molecule has 1 N–H and O–H groups in total. The molecule has 0 radical (unpaired) electrons. The molecule has 19 heavy (non-hydrogen) atoms. The van der Waals surface area contributed by atoms with Crippen LogP contribution in [0.15, 0.2) is 0 Å². The molecule has 1 heterocycles. The average molecular weight is 263 g/mol. The molecule has 0 saturated carbocycles. The molecule has 2 rings (SSSR count). The molecule has 1 aromatic heterocycles. The van der Waals surface area contributed by atoms with Crippen molar-refractivity contribution in [2.24, 2.45) is 0 Å². The van der Waals surface area contributed by atoms with Gasteiger partial charge in [0.25, 0.3) is 0 Å². The van der Waals surface area contributed by atoms with Gasteiger partial charge in [-0.1, -0.05) is 13.8 Å². The smallest absolute Gasteiger partial charge is 0.162 e. The zero-order chi connectivity index (χ0) is 13.9. The fraction of sp³-hybridized carbons (Fsp3) is 0.733. The second kappa shape index (κ2) is 5.87. The Kier molecular flexibility index (Phi) is 4.40. The minimum atomic E-state index is -0.349. The molecule has 1 aromatic rings. The van der Waals surface area contributed by atoms with Gasteiger partial charge in [-0.25, -0.2) is 9.97 Å². The Morgan fingerprint density at radius 3 is 2.42 bits per heavy atom. The summed E-state index contributed by atoms with van der Waals surface area (Å²) < 4.78 is 5.76. The monoisotopic (exact) mass is 263 g/mol. The average Bonchev–Trinajstić information content (AvgIpc) is 2.48. The topological polar surface area (TPSA) is 47.0 Å². The Bertz CT molecular complexity index is 416. The van der Waals surface area contributed by atoms with Crippen LogP contribution >= 0.6 is 0 Å². The number of hydrogen-bond donors (Lipinski definition) is 1. The first kappa shape index (κ1) is 14.3. The van der Waals surface area contributed by atoms with Crippen LogP contribution in [0.25, 0.3) is 0 Å². The second-order valence-corrected chi connectivity index (χ2v) is 5.18. The lowest BCUT2D eigenvalue weighted by Gasteiger charge is -2.30. The van der Waals surface area contributed by atoms with Crippen LogP contribution in [0.3, 0.4) is 0 Å². The third kappa shape index (κ3) is 2.46. The molecular formula is C15H25N3O. The largest absolute Gasteiger partial charge is 0.373 e. The van der Waals surface area contributed by atoms with Crippen LogP contribution in [0.2, 0.25) is 0 Å². The maximum absolute atomic E-state index is 5.76. The van der Waals surface area contributed by atoms with Crippen LogP contribution < -0.4 is 5.32 Å². The molecule has 0 atom stereocenters. The summed E-state index contributed by atoms with van der Waals surface area (Å²) in [5, 5.41) is 3.23. The van der Waals surface area contributed by atoms with Crippen molar-refractivity contribution >= 4 is 5.82 Å². The number of ether oxygens (including phenoxy) is 1. The summed E-state index contributed by atoms with van der Waals surface area (Å²) in [6.45, 7) is 4.27. The van der Waals surface area contributed by atoms with Gasteiger partial charge in [0, 0.05) is 25.4 Å². The summed E-state index contributed by atoms with van der Waals surface area (Å²) in [4.78, 5) is 9.57. The molecule has 0 spiro atoms. The van der Waals surface area contributed by atoms with Crippen molar-refractivity contribution in [1.29, 1.82) is 0 Å². The number of anilines is 1. The normalized spacial score (nSPS) is 15.2. The van der Waals surface area contributed by atoms with E-state index in [-0.39, 0.29) is 5.60 Å². The van der Waals surface area contributed by atoms with Crippen LogP contribution in [0, 0.1) is 0 Å². The number of aromatic nitrogens is 2. The molecule has 0 amide bonds. The second-order valence-electron chi connectivity index (χ2n) is 5.18. The molecule has 0 unspecified atom stereocenters. The molecule has 1 aliphatic carbocycles. The first-order valence-electron chi connectivity index (χ1n) is 7.34. The molecule has 4 heteroatoms. The van der Waals surface area contributed by atoms with Crippen molar-refractivity contribution in [3.8, 4) is 0 Å². The van der Waals surface area contributed by atoms with E-state index in [0.717, 1.165) is 37.3 Å². The van der Waals surface area contributed by atoms with E-state index in [1.54, 1.807) is 7.11 Å². The number of nitrogens with one attached hydrogen (secondary N) is 1. The number of nitrogens with zero attached hydrogens (tertiary/aromatic N) is 2. The predicted molar refractivity (Wildman–Crippen MR) is 77.5 cm³/mol. The van der Waals surface area contributed by atoms with Crippen molar-refractivity contribution in [3.05, 3.63) is 17.1 Å². The number of hydrogen-bond acceptors (Lipinski definition) is 4. The highest BCUT2D eigenvalue weighted by Crippen LogP contribution is 2.33. The summed E-state index contributed by atoms with van der Waals surface area (Å²) in [6, 6.07) is 0. The van der Waals surface area contributed by atoms with Crippen molar-refractivity contribution in [2.45, 2.75) is 58.0 Å². The van der Waals surface area contributed by atoms with Gasteiger partial charge in [0.1, 0.15) is 11.4 Å². The Morgan fingerprint density at radius 2 is 1.84 bits per heavy atom. The van der Waals surface area contributed by atoms with Crippen molar-refractivity contribution in [2.75, 3.05) is 19.5 Å². The Morgan fingerprint density at radius 1 is 1.16 bits per heavy atom. The van der Waals surface area contributed by atoms with E-state index in [9.17, 15) is 0 Å². The molecule has 106 valence electrons. The maximum atomic E-state index is 5.76. The molecule has 0 aliphatic heterocycles. The quantitative estimate of drug-likeness (QED) is 0.887. The van der Waals surface area contributed by atoms with Gasteiger partial charge in [0.2, 0.25) is 0 Å². The predicted octanol–water partition coefficient (Wildman–Crippen LogP) is 3.06. The lowest BCUT2D eigenvalue weighted by molar-refractivity contribution is -0.0292. The van der Waals surface area contributed by atoms with Gasteiger partial charge in [-0.3, -0.25) is 0 Å². The summed E-state index contributed by atoms with van der Waals surface area (Å²) in [5.74, 6) is 1.83. The number of fused-ring (bicyclic) bond motifs is 1. The molecule has 0 saturated heterocycles. The van der Waals surface area contributed by atoms with E-state index in [4.69, 9.17) is 14.7 Å². The first-order valence-corrected chi connectivity index (χ1v) is 7.34. The molecular weight excluding hydrogens is 238 g/mol. The van der Waals surface area contributed by atoms with Gasteiger partial charge >= 0.3 is 0 Å². The number of aryl methyl sites for hydroxylation is 1. The summed E-state index contributed by atoms with van der Waals surface area (Å²) in [7, 11) is 3.70.